The first-order valence-electron chi connectivity index (χ1n) is 6.39. The van der Waals surface area contributed by atoms with Crippen molar-refractivity contribution in [3.8, 4) is 11.5 Å². The molecule has 0 aromatic heterocycles. The molecule has 0 aliphatic carbocycles. The average molecular weight is 236 g/mol. The van der Waals surface area contributed by atoms with Gasteiger partial charge in [-0.1, -0.05) is 26.2 Å². The lowest BCUT2D eigenvalue weighted by Gasteiger charge is -2.07. The highest BCUT2D eigenvalue weighted by molar-refractivity contribution is 5.44. The van der Waals surface area contributed by atoms with E-state index in [1.807, 2.05) is 18.2 Å². The number of rotatable bonds is 6. The van der Waals surface area contributed by atoms with Crippen LogP contribution in [0.4, 0.5) is 0 Å². The van der Waals surface area contributed by atoms with E-state index in [4.69, 9.17) is 9.47 Å². The third-order valence-corrected chi connectivity index (χ3v) is 3.01. The first-order valence-corrected chi connectivity index (χ1v) is 6.39. The van der Waals surface area contributed by atoms with E-state index >= 15 is 0 Å². The molecule has 0 spiro atoms. The van der Waals surface area contributed by atoms with Crippen molar-refractivity contribution < 1.29 is 14.6 Å². The first kappa shape index (κ1) is 12.2. The minimum atomic E-state index is -0.483. The Morgan fingerprint density at radius 2 is 2.24 bits per heavy atom. The van der Waals surface area contributed by atoms with Gasteiger partial charge in [0.1, 0.15) is 24.2 Å². The molecule has 0 radical (unpaired) electrons. The van der Waals surface area contributed by atoms with Gasteiger partial charge < -0.3 is 14.6 Å². The minimum absolute atomic E-state index is 0.356. The summed E-state index contributed by atoms with van der Waals surface area (Å²) in [5.41, 5.74) is 0.864. The van der Waals surface area contributed by atoms with Gasteiger partial charge in [0.15, 0.2) is 0 Å². The van der Waals surface area contributed by atoms with E-state index in [0.717, 1.165) is 30.1 Å². The van der Waals surface area contributed by atoms with Crippen molar-refractivity contribution in [3.63, 3.8) is 0 Å². The largest absolute Gasteiger partial charge is 0.493 e. The van der Waals surface area contributed by atoms with Crippen molar-refractivity contribution in [3.05, 3.63) is 23.8 Å². The monoisotopic (exact) mass is 236 g/mol. The van der Waals surface area contributed by atoms with Gasteiger partial charge in [-0.2, -0.15) is 0 Å². The van der Waals surface area contributed by atoms with E-state index in [-0.39, 0.29) is 0 Å². The van der Waals surface area contributed by atoms with Crippen LogP contribution in [0.25, 0.3) is 0 Å². The SMILES string of the molecule is CCCCCCOc1ccc2c(c1)OCC2O. The van der Waals surface area contributed by atoms with Gasteiger partial charge in [0.05, 0.1) is 6.61 Å². The average Bonchev–Trinajstić information content (AvgIpc) is 2.71. The molecule has 1 atom stereocenters. The second kappa shape index (κ2) is 5.92. The number of aliphatic hydroxyl groups excluding tert-OH is 1. The van der Waals surface area contributed by atoms with Gasteiger partial charge in [-0.3, -0.25) is 0 Å². The fourth-order valence-corrected chi connectivity index (χ4v) is 1.98. The zero-order chi connectivity index (χ0) is 12.1. The molecule has 0 fully saturated rings. The van der Waals surface area contributed by atoms with E-state index in [2.05, 4.69) is 6.92 Å². The van der Waals surface area contributed by atoms with Gasteiger partial charge in [0, 0.05) is 11.6 Å². The van der Waals surface area contributed by atoms with Crippen LogP contribution in [0.5, 0.6) is 11.5 Å². The Bertz CT molecular complexity index is 362. The second-order valence-electron chi connectivity index (χ2n) is 4.44. The number of hydrogen-bond acceptors (Lipinski definition) is 3. The lowest BCUT2D eigenvalue weighted by Crippen LogP contribution is -1.97. The molecule has 1 aromatic rings. The number of ether oxygens (including phenoxy) is 2. The smallest absolute Gasteiger partial charge is 0.129 e. The zero-order valence-electron chi connectivity index (χ0n) is 10.3. The van der Waals surface area contributed by atoms with Crippen molar-refractivity contribution >= 4 is 0 Å². The standard InChI is InChI=1S/C14H20O3/c1-2-3-4-5-8-16-11-6-7-12-13(15)10-17-14(12)9-11/h6-7,9,13,15H,2-5,8,10H2,1H3. The van der Waals surface area contributed by atoms with Gasteiger partial charge in [-0.25, -0.2) is 0 Å². The Morgan fingerprint density at radius 1 is 1.35 bits per heavy atom. The van der Waals surface area contributed by atoms with Crippen LogP contribution in [0, 0.1) is 0 Å². The fourth-order valence-electron chi connectivity index (χ4n) is 1.98. The maximum atomic E-state index is 9.58. The van der Waals surface area contributed by atoms with Crippen LogP contribution in [-0.2, 0) is 0 Å². The molecule has 1 heterocycles. The summed E-state index contributed by atoms with van der Waals surface area (Å²) < 4.78 is 11.0. The molecule has 2 rings (SSSR count). The van der Waals surface area contributed by atoms with Gasteiger partial charge in [-0.15, -0.1) is 0 Å². The minimum Gasteiger partial charge on any atom is -0.493 e. The number of hydrogen-bond donors (Lipinski definition) is 1. The summed E-state index contributed by atoms with van der Waals surface area (Å²) in [4.78, 5) is 0. The molecule has 0 saturated carbocycles. The summed E-state index contributed by atoms with van der Waals surface area (Å²) in [5, 5.41) is 9.58. The molecular formula is C14H20O3. The molecule has 1 N–H and O–H groups in total. The van der Waals surface area contributed by atoms with Crippen LogP contribution in [0.2, 0.25) is 0 Å². The Hall–Kier alpha value is -1.22. The summed E-state index contributed by atoms with van der Waals surface area (Å²) in [6.07, 6.45) is 4.34. The van der Waals surface area contributed by atoms with Gasteiger partial charge in [-0.05, 0) is 18.6 Å². The van der Waals surface area contributed by atoms with Crippen LogP contribution in [0.3, 0.4) is 0 Å². The Kier molecular flexibility index (Phi) is 4.26. The Labute approximate surface area is 102 Å². The molecule has 1 aromatic carbocycles. The zero-order valence-corrected chi connectivity index (χ0v) is 10.3. The van der Waals surface area contributed by atoms with E-state index in [0.29, 0.717) is 6.61 Å². The van der Waals surface area contributed by atoms with Crippen molar-refractivity contribution in [2.24, 2.45) is 0 Å². The third-order valence-electron chi connectivity index (χ3n) is 3.01. The molecule has 0 saturated heterocycles. The van der Waals surface area contributed by atoms with Crippen LogP contribution < -0.4 is 9.47 Å². The molecule has 3 nitrogen and oxygen atoms in total. The molecule has 0 amide bonds. The summed E-state index contributed by atoms with van der Waals surface area (Å²) in [5.74, 6) is 1.58. The third kappa shape index (κ3) is 3.13. The van der Waals surface area contributed by atoms with Gasteiger partial charge >= 0.3 is 0 Å². The highest BCUT2D eigenvalue weighted by atomic mass is 16.5. The van der Waals surface area contributed by atoms with E-state index in [1.165, 1.54) is 19.3 Å². The van der Waals surface area contributed by atoms with Crippen molar-refractivity contribution in [1.29, 1.82) is 0 Å². The maximum Gasteiger partial charge on any atom is 0.129 e. The highest BCUT2D eigenvalue weighted by Crippen LogP contribution is 2.35. The summed E-state index contributed by atoms with van der Waals surface area (Å²) >= 11 is 0. The van der Waals surface area contributed by atoms with Crippen molar-refractivity contribution in [1.82, 2.24) is 0 Å². The molecule has 94 valence electrons. The molecule has 1 unspecified atom stereocenters. The molecule has 0 bridgehead atoms. The lowest BCUT2D eigenvalue weighted by atomic mass is 10.1. The topological polar surface area (TPSA) is 38.7 Å². The van der Waals surface area contributed by atoms with Crippen molar-refractivity contribution in [2.45, 2.75) is 38.7 Å². The predicted molar refractivity (Wildman–Crippen MR) is 66.5 cm³/mol. The van der Waals surface area contributed by atoms with Crippen LogP contribution in [0.15, 0.2) is 18.2 Å². The first-order chi connectivity index (χ1) is 8.31. The lowest BCUT2D eigenvalue weighted by molar-refractivity contribution is 0.140. The van der Waals surface area contributed by atoms with Crippen molar-refractivity contribution in [2.75, 3.05) is 13.2 Å². The van der Waals surface area contributed by atoms with Gasteiger partial charge in [0.25, 0.3) is 0 Å². The molecule has 3 heteroatoms. The summed E-state index contributed by atoms with van der Waals surface area (Å²) in [7, 11) is 0. The fraction of sp³-hybridized carbons (Fsp3) is 0.571. The highest BCUT2D eigenvalue weighted by Gasteiger charge is 2.21. The molecule has 1 aliphatic heterocycles. The second-order valence-corrected chi connectivity index (χ2v) is 4.44. The maximum absolute atomic E-state index is 9.58. The predicted octanol–water partition coefficient (Wildman–Crippen LogP) is 3.07. The summed E-state index contributed by atoms with van der Waals surface area (Å²) in [6, 6.07) is 5.65. The number of fused-ring (bicyclic) bond motifs is 1. The quantitative estimate of drug-likeness (QED) is 0.771. The molecular weight excluding hydrogens is 216 g/mol. The Balaban J connectivity index is 1.82. The summed E-state index contributed by atoms with van der Waals surface area (Å²) in [6.45, 7) is 3.31. The molecule has 1 aliphatic rings. The number of unbranched alkanes of at least 4 members (excludes halogenated alkanes) is 3. The number of benzene rings is 1. The van der Waals surface area contributed by atoms with E-state index in [1.54, 1.807) is 0 Å². The van der Waals surface area contributed by atoms with Gasteiger partial charge in [0.2, 0.25) is 0 Å². The van der Waals surface area contributed by atoms with Crippen LogP contribution >= 0.6 is 0 Å². The molecule has 17 heavy (non-hydrogen) atoms. The van der Waals surface area contributed by atoms with E-state index < -0.39 is 6.10 Å². The Morgan fingerprint density at radius 3 is 3.06 bits per heavy atom. The van der Waals surface area contributed by atoms with Crippen LogP contribution in [0.1, 0.15) is 44.3 Å². The van der Waals surface area contributed by atoms with Crippen LogP contribution in [-0.4, -0.2) is 18.3 Å². The van der Waals surface area contributed by atoms with E-state index in [9.17, 15) is 5.11 Å². The normalized spacial score (nSPS) is 17.6. The number of aliphatic hydroxyl groups is 1.